The van der Waals surface area contributed by atoms with E-state index in [-0.39, 0.29) is 17.6 Å². The number of aliphatic imine (C=N–C) groups is 1. The van der Waals surface area contributed by atoms with Crippen LogP contribution in [-0.4, -0.2) is 43.8 Å². The summed E-state index contributed by atoms with van der Waals surface area (Å²) in [7, 11) is 0. The highest BCUT2D eigenvalue weighted by atomic mass is 16.2. The highest BCUT2D eigenvalue weighted by molar-refractivity contribution is 6.15. The summed E-state index contributed by atoms with van der Waals surface area (Å²) < 4.78 is 1.63. The van der Waals surface area contributed by atoms with Crippen LogP contribution in [0.25, 0.3) is 0 Å². The van der Waals surface area contributed by atoms with Crippen molar-refractivity contribution in [3.05, 3.63) is 88.4 Å². The number of rotatable bonds is 7. The van der Waals surface area contributed by atoms with Crippen molar-refractivity contribution in [2.75, 3.05) is 10.6 Å². The van der Waals surface area contributed by atoms with Gasteiger partial charge in [-0.3, -0.25) is 24.2 Å². The zero-order valence-corrected chi connectivity index (χ0v) is 20.6. The lowest BCUT2D eigenvalue weighted by atomic mass is 9.96. The molecule has 0 aliphatic carbocycles. The highest BCUT2D eigenvalue weighted by Crippen LogP contribution is 2.33. The summed E-state index contributed by atoms with van der Waals surface area (Å²) in [6, 6.07) is 15.3. The molecule has 1 aliphatic rings. The maximum absolute atomic E-state index is 13.3. The van der Waals surface area contributed by atoms with Crippen molar-refractivity contribution in [2.45, 2.75) is 33.2 Å². The molecular formula is C27H25N7O3. The van der Waals surface area contributed by atoms with Gasteiger partial charge in [-0.2, -0.15) is 10.2 Å². The van der Waals surface area contributed by atoms with Crippen molar-refractivity contribution in [1.29, 1.82) is 0 Å². The number of fused-ring (bicyclic) bond motifs is 1. The largest absolute Gasteiger partial charge is 0.325 e. The number of ketones is 1. The fraction of sp³-hybridized carbons (Fsp3) is 0.185. The molecule has 3 N–H and O–H groups in total. The number of nitrogens with zero attached hydrogens (tertiary/aromatic N) is 4. The Bertz CT molecular complexity index is 1560. The number of aryl methyl sites for hydroxylation is 3. The fourth-order valence-electron chi connectivity index (χ4n) is 4.26. The van der Waals surface area contributed by atoms with E-state index in [1.165, 1.54) is 6.21 Å². The van der Waals surface area contributed by atoms with Gasteiger partial charge in [0, 0.05) is 47.0 Å². The van der Waals surface area contributed by atoms with E-state index in [1.54, 1.807) is 59.3 Å². The Morgan fingerprint density at radius 1 is 1.11 bits per heavy atom. The Morgan fingerprint density at radius 3 is 2.68 bits per heavy atom. The topological polar surface area (TPSA) is 134 Å². The highest BCUT2D eigenvalue weighted by Gasteiger charge is 2.30. The van der Waals surface area contributed by atoms with Crippen LogP contribution in [-0.2, 0) is 11.3 Å². The van der Waals surface area contributed by atoms with E-state index in [4.69, 9.17) is 0 Å². The lowest BCUT2D eigenvalue weighted by Crippen LogP contribution is -2.17. The number of hydrogen-bond donors (Lipinski definition) is 3. The van der Waals surface area contributed by atoms with Crippen LogP contribution < -0.4 is 10.6 Å². The quantitative estimate of drug-likeness (QED) is 0.261. The first kappa shape index (κ1) is 23.9. The number of amides is 2. The third-order valence-corrected chi connectivity index (χ3v) is 6.05. The number of nitrogens with one attached hydrogen (secondary N) is 3. The third-order valence-electron chi connectivity index (χ3n) is 6.05. The van der Waals surface area contributed by atoms with Gasteiger partial charge in [-0.1, -0.05) is 12.1 Å². The van der Waals surface area contributed by atoms with Crippen LogP contribution in [0.3, 0.4) is 0 Å². The number of hydrogen-bond acceptors (Lipinski definition) is 6. The molecule has 10 nitrogen and oxygen atoms in total. The Kier molecular flexibility index (Phi) is 6.22. The van der Waals surface area contributed by atoms with Crippen molar-refractivity contribution in [3.8, 4) is 0 Å². The molecule has 4 aromatic rings. The summed E-state index contributed by atoms with van der Waals surface area (Å²) in [5.41, 5.74) is 4.70. The number of carbonyl (C=O) groups excluding carboxylic acids is 3. The molecule has 0 fully saturated rings. The molecule has 2 aromatic carbocycles. The van der Waals surface area contributed by atoms with E-state index < -0.39 is 5.92 Å². The van der Waals surface area contributed by atoms with Gasteiger partial charge in [-0.05, 0) is 62.7 Å². The molecule has 0 spiro atoms. The minimum absolute atomic E-state index is 0.220. The zero-order valence-electron chi connectivity index (χ0n) is 20.6. The van der Waals surface area contributed by atoms with Gasteiger partial charge in [-0.15, -0.1) is 0 Å². The maximum atomic E-state index is 13.3. The summed E-state index contributed by atoms with van der Waals surface area (Å²) in [6.45, 7) is 6.17. The molecule has 0 radical (unpaired) electrons. The van der Waals surface area contributed by atoms with Gasteiger partial charge < -0.3 is 10.6 Å². The fourth-order valence-corrected chi connectivity index (χ4v) is 4.26. The second kappa shape index (κ2) is 9.65. The van der Waals surface area contributed by atoms with Crippen LogP contribution in [0.4, 0.5) is 17.2 Å². The van der Waals surface area contributed by atoms with Crippen LogP contribution >= 0.6 is 0 Å². The van der Waals surface area contributed by atoms with Crippen LogP contribution in [0.15, 0.2) is 59.6 Å². The molecular weight excluding hydrogens is 470 g/mol. The van der Waals surface area contributed by atoms with Crippen molar-refractivity contribution in [1.82, 2.24) is 20.0 Å². The van der Waals surface area contributed by atoms with Crippen molar-refractivity contribution < 1.29 is 14.4 Å². The monoisotopic (exact) mass is 495 g/mol. The molecule has 5 rings (SSSR count). The normalized spacial score (nSPS) is 14.6. The van der Waals surface area contributed by atoms with Crippen molar-refractivity contribution >= 4 is 41.0 Å². The predicted octanol–water partition coefficient (Wildman–Crippen LogP) is 4.16. The van der Waals surface area contributed by atoms with Crippen LogP contribution in [0.5, 0.6) is 0 Å². The number of carbonyl (C=O) groups is 3. The minimum Gasteiger partial charge on any atom is -0.325 e. The van der Waals surface area contributed by atoms with E-state index >= 15 is 0 Å². The predicted molar refractivity (Wildman–Crippen MR) is 140 cm³/mol. The Labute approximate surface area is 212 Å². The molecule has 2 amide bonds. The molecule has 10 heteroatoms. The molecule has 37 heavy (non-hydrogen) atoms. The zero-order chi connectivity index (χ0) is 26.1. The maximum Gasteiger partial charge on any atom is 0.273 e. The SMILES string of the molecule is CCn1nc(C)cc1C(=O)Nc1cccc(C(=O)c2ccc3c(c2)C(C=Nc2cc(C)[nH]n2)C(=O)N3)c1. The van der Waals surface area contributed by atoms with Gasteiger partial charge in [0.05, 0.1) is 5.69 Å². The number of H-pyrrole nitrogens is 1. The van der Waals surface area contributed by atoms with Crippen molar-refractivity contribution in [2.24, 2.45) is 4.99 Å². The summed E-state index contributed by atoms with van der Waals surface area (Å²) in [4.78, 5) is 43.0. The summed E-state index contributed by atoms with van der Waals surface area (Å²) in [5.74, 6) is -0.921. The van der Waals surface area contributed by atoms with E-state index in [2.05, 4.69) is 30.9 Å². The molecule has 2 aromatic heterocycles. The minimum atomic E-state index is -0.641. The molecule has 186 valence electrons. The lowest BCUT2D eigenvalue weighted by Gasteiger charge is -2.09. The van der Waals surface area contributed by atoms with E-state index in [0.29, 0.717) is 46.1 Å². The molecule has 0 saturated heterocycles. The van der Waals surface area contributed by atoms with Crippen molar-refractivity contribution in [3.63, 3.8) is 0 Å². The van der Waals surface area contributed by atoms with Gasteiger partial charge >= 0.3 is 0 Å². The average molecular weight is 496 g/mol. The first-order valence-electron chi connectivity index (χ1n) is 11.8. The Hall–Kier alpha value is -4.86. The van der Waals surface area contributed by atoms with Gasteiger partial charge in [0.1, 0.15) is 11.6 Å². The van der Waals surface area contributed by atoms with Gasteiger partial charge in [-0.25, -0.2) is 4.99 Å². The second-order valence-corrected chi connectivity index (χ2v) is 8.81. The Balaban J connectivity index is 1.37. The smallest absolute Gasteiger partial charge is 0.273 e. The van der Waals surface area contributed by atoms with Crippen LogP contribution in [0, 0.1) is 13.8 Å². The summed E-state index contributed by atoms with van der Waals surface area (Å²) in [5, 5.41) is 16.9. The molecule has 3 heterocycles. The number of benzene rings is 2. The number of aromatic amines is 1. The van der Waals surface area contributed by atoms with Gasteiger partial charge in [0.2, 0.25) is 5.91 Å². The first-order valence-corrected chi connectivity index (χ1v) is 11.8. The molecule has 1 unspecified atom stereocenters. The first-order chi connectivity index (χ1) is 17.8. The molecule has 1 atom stereocenters. The van der Waals surface area contributed by atoms with Crippen LogP contribution in [0.1, 0.15) is 56.2 Å². The molecule has 0 saturated carbocycles. The summed E-state index contributed by atoms with van der Waals surface area (Å²) >= 11 is 0. The molecule has 0 bridgehead atoms. The third kappa shape index (κ3) is 4.81. The molecule has 1 aliphatic heterocycles. The van der Waals surface area contributed by atoms with Crippen LogP contribution in [0.2, 0.25) is 0 Å². The van der Waals surface area contributed by atoms with E-state index in [1.807, 2.05) is 20.8 Å². The Morgan fingerprint density at radius 2 is 1.92 bits per heavy atom. The average Bonchev–Trinajstić information content (AvgIpc) is 3.57. The van der Waals surface area contributed by atoms with E-state index in [9.17, 15) is 14.4 Å². The van der Waals surface area contributed by atoms with Gasteiger partial charge in [0.25, 0.3) is 5.91 Å². The summed E-state index contributed by atoms with van der Waals surface area (Å²) in [6.07, 6.45) is 1.53. The second-order valence-electron chi connectivity index (χ2n) is 8.81. The number of anilines is 2. The number of aromatic nitrogens is 4. The standard InChI is InChI=1S/C27H25N7O3/c1-4-34-23(10-16(3)33-34)27(37)29-19-7-5-6-17(12-19)25(35)18-8-9-22-20(13-18)21(26(36)30-22)14-28-24-11-15(2)31-32-24/h5-14,21H,4H2,1-3H3,(H,29,37)(H,30,36)(H,31,32). The van der Waals surface area contributed by atoms with Gasteiger partial charge in [0.15, 0.2) is 11.6 Å². The van der Waals surface area contributed by atoms with E-state index in [0.717, 1.165) is 11.4 Å². The lowest BCUT2D eigenvalue weighted by molar-refractivity contribution is -0.115.